The smallest absolute Gasteiger partial charge is 0.222 e. The molecule has 2 saturated heterocycles. The molecule has 0 aromatic rings. The van der Waals surface area contributed by atoms with Crippen LogP contribution in [0.1, 0.15) is 26.7 Å². The van der Waals surface area contributed by atoms with Gasteiger partial charge < -0.3 is 15.0 Å². The molecular formula is C12H22N2O2. The van der Waals surface area contributed by atoms with Gasteiger partial charge in [0.15, 0.2) is 0 Å². The van der Waals surface area contributed by atoms with Crippen LogP contribution in [0, 0.1) is 5.41 Å². The van der Waals surface area contributed by atoms with E-state index in [1.165, 1.54) is 0 Å². The average molecular weight is 226 g/mol. The number of carbonyl (C=O) groups excluding carboxylic acids is 1. The van der Waals surface area contributed by atoms with E-state index < -0.39 is 0 Å². The number of nitrogens with one attached hydrogen (secondary N) is 1. The van der Waals surface area contributed by atoms with Gasteiger partial charge in [-0.3, -0.25) is 4.79 Å². The molecule has 0 aromatic heterocycles. The molecule has 0 aliphatic carbocycles. The Labute approximate surface area is 97.3 Å². The predicted molar refractivity (Wildman–Crippen MR) is 62.2 cm³/mol. The van der Waals surface area contributed by atoms with Crippen LogP contribution in [-0.4, -0.2) is 49.7 Å². The third-order valence-electron chi connectivity index (χ3n) is 3.44. The maximum Gasteiger partial charge on any atom is 0.222 e. The summed E-state index contributed by atoms with van der Waals surface area (Å²) < 4.78 is 5.22. The summed E-state index contributed by atoms with van der Waals surface area (Å²) in [5, 5.41) is 3.50. The molecule has 2 heterocycles. The van der Waals surface area contributed by atoms with Crippen LogP contribution in [0.2, 0.25) is 0 Å². The first-order valence-corrected chi connectivity index (χ1v) is 6.18. The number of amides is 1. The molecule has 1 unspecified atom stereocenters. The Morgan fingerprint density at radius 3 is 2.81 bits per heavy atom. The van der Waals surface area contributed by atoms with Crippen LogP contribution in [0.3, 0.4) is 0 Å². The van der Waals surface area contributed by atoms with Gasteiger partial charge in [-0.15, -0.1) is 0 Å². The highest BCUT2D eigenvalue weighted by molar-refractivity contribution is 5.78. The van der Waals surface area contributed by atoms with Crippen molar-refractivity contribution in [2.75, 3.05) is 32.8 Å². The van der Waals surface area contributed by atoms with E-state index in [1.807, 2.05) is 4.90 Å². The van der Waals surface area contributed by atoms with Gasteiger partial charge in [-0.1, -0.05) is 6.92 Å². The molecule has 2 aliphatic heterocycles. The summed E-state index contributed by atoms with van der Waals surface area (Å²) in [4.78, 5) is 13.4. The van der Waals surface area contributed by atoms with Gasteiger partial charge in [0.25, 0.3) is 0 Å². The molecule has 1 N–H and O–H groups in total. The second-order valence-electron chi connectivity index (χ2n) is 5.53. The van der Waals surface area contributed by atoms with Crippen LogP contribution in [0.25, 0.3) is 0 Å². The van der Waals surface area contributed by atoms with E-state index >= 15 is 0 Å². The van der Waals surface area contributed by atoms with Crippen LogP contribution in [0.4, 0.5) is 0 Å². The Hall–Kier alpha value is -0.610. The molecule has 0 bridgehead atoms. The monoisotopic (exact) mass is 226 g/mol. The zero-order chi connectivity index (χ0) is 11.6. The average Bonchev–Trinajstić information content (AvgIpc) is 2.59. The van der Waals surface area contributed by atoms with E-state index in [0.29, 0.717) is 17.4 Å². The molecule has 1 amide bonds. The summed E-state index contributed by atoms with van der Waals surface area (Å²) in [6, 6.07) is 0.375. The van der Waals surface area contributed by atoms with Gasteiger partial charge in [0.2, 0.25) is 5.91 Å². The summed E-state index contributed by atoms with van der Waals surface area (Å²) >= 11 is 0. The number of rotatable bonds is 5. The van der Waals surface area contributed by atoms with Crippen LogP contribution in [0.5, 0.6) is 0 Å². The van der Waals surface area contributed by atoms with Crippen molar-refractivity contribution in [2.24, 2.45) is 5.41 Å². The van der Waals surface area contributed by atoms with Gasteiger partial charge >= 0.3 is 0 Å². The lowest BCUT2D eigenvalue weighted by Gasteiger charge is -2.39. The predicted octanol–water partition coefficient (Wildman–Crippen LogP) is 0.623. The summed E-state index contributed by atoms with van der Waals surface area (Å²) in [5.74, 6) is 0.312. The SMILES string of the molecule is CC(CN1CCCC1=O)NCC1(C)COC1. The number of ether oxygens (including phenoxy) is 1. The minimum atomic E-state index is 0.309. The first-order chi connectivity index (χ1) is 7.59. The van der Waals surface area contributed by atoms with Gasteiger partial charge in [0.05, 0.1) is 13.2 Å². The van der Waals surface area contributed by atoms with Crippen molar-refractivity contribution in [1.29, 1.82) is 0 Å². The molecule has 16 heavy (non-hydrogen) atoms. The number of hydrogen-bond donors (Lipinski definition) is 1. The van der Waals surface area contributed by atoms with Crippen molar-refractivity contribution in [3.05, 3.63) is 0 Å². The van der Waals surface area contributed by atoms with Crippen LogP contribution in [-0.2, 0) is 9.53 Å². The molecule has 2 aliphatic rings. The third-order valence-corrected chi connectivity index (χ3v) is 3.44. The summed E-state index contributed by atoms with van der Waals surface area (Å²) in [7, 11) is 0. The minimum Gasteiger partial charge on any atom is -0.380 e. The van der Waals surface area contributed by atoms with E-state index in [9.17, 15) is 4.79 Å². The quantitative estimate of drug-likeness (QED) is 0.747. The molecule has 4 heteroatoms. The van der Waals surface area contributed by atoms with Crippen molar-refractivity contribution in [2.45, 2.75) is 32.7 Å². The minimum absolute atomic E-state index is 0.309. The molecule has 4 nitrogen and oxygen atoms in total. The number of hydrogen-bond acceptors (Lipinski definition) is 3. The van der Waals surface area contributed by atoms with Gasteiger partial charge in [0, 0.05) is 37.5 Å². The third kappa shape index (κ3) is 2.74. The topological polar surface area (TPSA) is 41.6 Å². The summed E-state index contributed by atoms with van der Waals surface area (Å²) in [6.45, 7) is 8.85. The summed E-state index contributed by atoms with van der Waals surface area (Å²) in [6.07, 6.45) is 1.76. The van der Waals surface area contributed by atoms with E-state index in [1.54, 1.807) is 0 Å². The van der Waals surface area contributed by atoms with E-state index in [2.05, 4.69) is 19.2 Å². The van der Waals surface area contributed by atoms with Crippen LogP contribution < -0.4 is 5.32 Å². The second-order valence-corrected chi connectivity index (χ2v) is 5.53. The lowest BCUT2D eigenvalue weighted by Crippen LogP contribution is -2.51. The Kier molecular flexibility index (Phi) is 3.50. The van der Waals surface area contributed by atoms with Crippen molar-refractivity contribution < 1.29 is 9.53 Å². The fourth-order valence-electron chi connectivity index (χ4n) is 2.27. The zero-order valence-electron chi connectivity index (χ0n) is 10.3. The molecular weight excluding hydrogens is 204 g/mol. The fourth-order valence-corrected chi connectivity index (χ4v) is 2.27. The largest absolute Gasteiger partial charge is 0.380 e. The molecule has 1 atom stereocenters. The Bertz CT molecular complexity index is 264. The van der Waals surface area contributed by atoms with Gasteiger partial charge in [-0.05, 0) is 13.3 Å². The maximum absolute atomic E-state index is 11.5. The van der Waals surface area contributed by atoms with Crippen LogP contribution in [0.15, 0.2) is 0 Å². The number of carbonyl (C=O) groups is 1. The second kappa shape index (κ2) is 4.72. The van der Waals surface area contributed by atoms with Gasteiger partial charge in [-0.2, -0.15) is 0 Å². The van der Waals surface area contributed by atoms with E-state index in [4.69, 9.17) is 4.74 Å². The fraction of sp³-hybridized carbons (Fsp3) is 0.917. The number of nitrogens with zero attached hydrogens (tertiary/aromatic N) is 1. The van der Waals surface area contributed by atoms with E-state index in [-0.39, 0.29) is 0 Å². The Morgan fingerprint density at radius 1 is 1.56 bits per heavy atom. The lowest BCUT2D eigenvalue weighted by molar-refractivity contribution is -0.128. The molecule has 2 fully saturated rings. The Morgan fingerprint density at radius 2 is 2.31 bits per heavy atom. The van der Waals surface area contributed by atoms with Gasteiger partial charge in [-0.25, -0.2) is 0 Å². The van der Waals surface area contributed by atoms with Crippen molar-refractivity contribution in [3.63, 3.8) is 0 Å². The standard InChI is InChI=1S/C12H22N2O2/c1-10(6-14-5-3-4-11(14)15)13-7-12(2)8-16-9-12/h10,13H,3-9H2,1-2H3. The maximum atomic E-state index is 11.5. The van der Waals surface area contributed by atoms with Crippen molar-refractivity contribution in [1.82, 2.24) is 10.2 Å². The van der Waals surface area contributed by atoms with Crippen molar-refractivity contribution in [3.8, 4) is 0 Å². The van der Waals surface area contributed by atoms with Gasteiger partial charge in [0.1, 0.15) is 0 Å². The lowest BCUT2D eigenvalue weighted by atomic mass is 9.88. The summed E-state index contributed by atoms with van der Waals surface area (Å²) in [5.41, 5.74) is 0.309. The van der Waals surface area contributed by atoms with Crippen LogP contribution >= 0.6 is 0 Å². The Balaban J connectivity index is 1.67. The highest BCUT2D eigenvalue weighted by Crippen LogP contribution is 2.25. The molecule has 0 radical (unpaired) electrons. The molecule has 0 saturated carbocycles. The van der Waals surface area contributed by atoms with E-state index in [0.717, 1.165) is 45.7 Å². The molecule has 2 rings (SSSR count). The molecule has 0 aromatic carbocycles. The molecule has 92 valence electrons. The van der Waals surface area contributed by atoms with Crippen molar-refractivity contribution >= 4 is 5.91 Å². The highest BCUT2D eigenvalue weighted by atomic mass is 16.5. The first kappa shape index (κ1) is 11.9. The molecule has 0 spiro atoms. The zero-order valence-corrected chi connectivity index (χ0v) is 10.3. The number of likely N-dealkylation sites (tertiary alicyclic amines) is 1. The highest BCUT2D eigenvalue weighted by Gasteiger charge is 2.33. The first-order valence-electron chi connectivity index (χ1n) is 6.18. The normalized spacial score (nSPS) is 25.6.